The Kier molecular flexibility index (Phi) is 3.55. The molecule has 0 atom stereocenters. The smallest absolute Gasteiger partial charge is 0.0702 e. The lowest BCUT2D eigenvalue weighted by molar-refractivity contribution is 0.813. The first-order chi connectivity index (χ1) is 8.19. The molecule has 0 amide bonds. The van der Waals surface area contributed by atoms with Gasteiger partial charge in [-0.1, -0.05) is 23.3 Å². The van der Waals surface area contributed by atoms with E-state index in [9.17, 15) is 0 Å². The van der Waals surface area contributed by atoms with E-state index >= 15 is 0 Å². The SMILES string of the molecule is CNCc1ccc(-c2cc(C)cc(C)c2)nc1. The van der Waals surface area contributed by atoms with E-state index in [1.54, 1.807) is 0 Å². The molecular weight excluding hydrogens is 208 g/mol. The molecule has 2 aromatic rings. The van der Waals surface area contributed by atoms with Crippen LogP contribution in [0.15, 0.2) is 36.5 Å². The number of aromatic nitrogens is 1. The minimum atomic E-state index is 0.861. The molecule has 2 heteroatoms. The van der Waals surface area contributed by atoms with Crippen molar-refractivity contribution in [3.8, 4) is 11.3 Å². The predicted molar refractivity (Wildman–Crippen MR) is 71.9 cm³/mol. The highest BCUT2D eigenvalue weighted by molar-refractivity contribution is 5.61. The summed E-state index contributed by atoms with van der Waals surface area (Å²) in [4.78, 5) is 4.51. The molecule has 0 saturated carbocycles. The minimum absolute atomic E-state index is 0.861. The van der Waals surface area contributed by atoms with E-state index in [0.717, 1.165) is 12.2 Å². The zero-order chi connectivity index (χ0) is 12.3. The molecule has 0 fully saturated rings. The van der Waals surface area contributed by atoms with Crippen molar-refractivity contribution in [3.63, 3.8) is 0 Å². The van der Waals surface area contributed by atoms with Crippen LogP contribution in [0.25, 0.3) is 11.3 Å². The standard InChI is InChI=1S/C15H18N2/c1-11-6-12(2)8-14(7-11)15-5-4-13(9-16-3)10-17-15/h4-8,10,16H,9H2,1-3H3. The van der Waals surface area contributed by atoms with Crippen LogP contribution in [0.1, 0.15) is 16.7 Å². The fraction of sp³-hybridized carbons (Fsp3) is 0.267. The number of nitrogens with one attached hydrogen (secondary N) is 1. The molecule has 0 saturated heterocycles. The molecule has 1 N–H and O–H groups in total. The molecule has 0 radical (unpaired) electrons. The predicted octanol–water partition coefficient (Wildman–Crippen LogP) is 3.08. The molecule has 17 heavy (non-hydrogen) atoms. The number of hydrogen-bond donors (Lipinski definition) is 1. The summed E-state index contributed by atoms with van der Waals surface area (Å²) in [5, 5.41) is 3.12. The first-order valence-electron chi connectivity index (χ1n) is 5.87. The van der Waals surface area contributed by atoms with Crippen molar-refractivity contribution < 1.29 is 0 Å². The molecular formula is C15H18N2. The Morgan fingerprint density at radius 2 is 1.76 bits per heavy atom. The van der Waals surface area contributed by atoms with Gasteiger partial charge in [-0.2, -0.15) is 0 Å². The molecule has 0 spiro atoms. The lowest BCUT2D eigenvalue weighted by atomic mass is 10.0. The third-order valence-electron chi connectivity index (χ3n) is 2.72. The van der Waals surface area contributed by atoms with E-state index in [1.165, 1.54) is 22.3 Å². The summed E-state index contributed by atoms with van der Waals surface area (Å²) < 4.78 is 0. The van der Waals surface area contributed by atoms with Crippen molar-refractivity contribution in [2.24, 2.45) is 0 Å². The van der Waals surface area contributed by atoms with Gasteiger partial charge < -0.3 is 5.32 Å². The second kappa shape index (κ2) is 5.11. The molecule has 88 valence electrons. The number of nitrogens with zero attached hydrogens (tertiary/aromatic N) is 1. The number of rotatable bonds is 3. The molecule has 0 aliphatic rings. The quantitative estimate of drug-likeness (QED) is 0.870. The number of hydrogen-bond acceptors (Lipinski definition) is 2. The average molecular weight is 226 g/mol. The molecule has 0 bridgehead atoms. The van der Waals surface area contributed by atoms with E-state index in [1.807, 2.05) is 13.2 Å². The fourth-order valence-electron chi connectivity index (χ4n) is 2.03. The summed E-state index contributed by atoms with van der Waals surface area (Å²) in [6.07, 6.45) is 1.93. The molecule has 1 heterocycles. The zero-order valence-electron chi connectivity index (χ0n) is 10.6. The highest BCUT2D eigenvalue weighted by Gasteiger charge is 2.01. The zero-order valence-corrected chi connectivity index (χ0v) is 10.6. The Morgan fingerprint density at radius 1 is 1.06 bits per heavy atom. The van der Waals surface area contributed by atoms with Crippen LogP contribution in [0.2, 0.25) is 0 Å². The first kappa shape index (κ1) is 11.8. The molecule has 0 aliphatic carbocycles. The van der Waals surface area contributed by atoms with Crippen LogP contribution in [0.3, 0.4) is 0 Å². The van der Waals surface area contributed by atoms with Gasteiger partial charge >= 0.3 is 0 Å². The summed E-state index contributed by atoms with van der Waals surface area (Å²) in [6, 6.07) is 10.7. The van der Waals surface area contributed by atoms with Gasteiger partial charge in [0.15, 0.2) is 0 Å². The maximum atomic E-state index is 4.51. The van der Waals surface area contributed by atoms with Gasteiger partial charge in [-0.3, -0.25) is 4.98 Å². The lowest BCUT2D eigenvalue weighted by Gasteiger charge is -2.05. The minimum Gasteiger partial charge on any atom is -0.316 e. The molecule has 1 aromatic carbocycles. The molecule has 0 unspecified atom stereocenters. The van der Waals surface area contributed by atoms with Gasteiger partial charge in [0.1, 0.15) is 0 Å². The van der Waals surface area contributed by atoms with Gasteiger partial charge in [0.05, 0.1) is 5.69 Å². The van der Waals surface area contributed by atoms with E-state index < -0.39 is 0 Å². The lowest BCUT2D eigenvalue weighted by Crippen LogP contribution is -2.05. The van der Waals surface area contributed by atoms with E-state index in [2.05, 4.69) is 54.5 Å². The van der Waals surface area contributed by atoms with Gasteiger partial charge in [-0.05, 0) is 44.7 Å². The summed E-state index contributed by atoms with van der Waals surface area (Å²) in [5.74, 6) is 0. The third-order valence-corrected chi connectivity index (χ3v) is 2.72. The number of benzene rings is 1. The van der Waals surface area contributed by atoms with Gasteiger partial charge in [-0.15, -0.1) is 0 Å². The normalized spacial score (nSPS) is 10.5. The largest absolute Gasteiger partial charge is 0.316 e. The van der Waals surface area contributed by atoms with Gasteiger partial charge in [0.2, 0.25) is 0 Å². The Balaban J connectivity index is 2.32. The van der Waals surface area contributed by atoms with Crippen molar-refractivity contribution in [3.05, 3.63) is 53.2 Å². The maximum absolute atomic E-state index is 4.51. The van der Waals surface area contributed by atoms with E-state index in [-0.39, 0.29) is 0 Å². The summed E-state index contributed by atoms with van der Waals surface area (Å²) in [5.41, 5.74) is 6.00. The van der Waals surface area contributed by atoms with Crippen LogP contribution in [-0.4, -0.2) is 12.0 Å². The monoisotopic (exact) mass is 226 g/mol. The molecule has 2 nitrogen and oxygen atoms in total. The second-order valence-electron chi connectivity index (χ2n) is 4.46. The van der Waals surface area contributed by atoms with Crippen molar-refractivity contribution in [1.82, 2.24) is 10.3 Å². The van der Waals surface area contributed by atoms with Crippen molar-refractivity contribution in [2.75, 3.05) is 7.05 Å². The number of aryl methyl sites for hydroxylation is 2. The van der Waals surface area contributed by atoms with Crippen molar-refractivity contribution >= 4 is 0 Å². The number of pyridine rings is 1. The Hall–Kier alpha value is -1.67. The van der Waals surface area contributed by atoms with Crippen LogP contribution in [-0.2, 0) is 6.54 Å². The van der Waals surface area contributed by atoms with Crippen LogP contribution >= 0.6 is 0 Å². The van der Waals surface area contributed by atoms with E-state index in [0.29, 0.717) is 0 Å². The Morgan fingerprint density at radius 3 is 2.29 bits per heavy atom. The fourth-order valence-corrected chi connectivity index (χ4v) is 2.03. The Labute approximate surface area is 103 Å². The van der Waals surface area contributed by atoms with Gasteiger partial charge in [0, 0.05) is 18.3 Å². The maximum Gasteiger partial charge on any atom is 0.0702 e. The third kappa shape index (κ3) is 2.92. The van der Waals surface area contributed by atoms with Gasteiger partial charge in [0.25, 0.3) is 0 Å². The average Bonchev–Trinajstić information content (AvgIpc) is 2.29. The molecule has 0 aliphatic heterocycles. The van der Waals surface area contributed by atoms with Crippen LogP contribution in [0, 0.1) is 13.8 Å². The summed E-state index contributed by atoms with van der Waals surface area (Å²) >= 11 is 0. The topological polar surface area (TPSA) is 24.9 Å². The second-order valence-corrected chi connectivity index (χ2v) is 4.46. The van der Waals surface area contributed by atoms with Gasteiger partial charge in [-0.25, -0.2) is 0 Å². The van der Waals surface area contributed by atoms with Crippen molar-refractivity contribution in [1.29, 1.82) is 0 Å². The molecule has 2 rings (SSSR count). The molecule has 1 aromatic heterocycles. The summed E-state index contributed by atoms with van der Waals surface area (Å²) in [6.45, 7) is 5.10. The Bertz CT molecular complexity index is 481. The van der Waals surface area contributed by atoms with Crippen LogP contribution in [0.5, 0.6) is 0 Å². The summed E-state index contributed by atoms with van der Waals surface area (Å²) in [7, 11) is 1.94. The van der Waals surface area contributed by atoms with E-state index in [4.69, 9.17) is 0 Å². The van der Waals surface area contributed by atoms with Crippen molar-refractivity contribution in [2.45, 2.75) is 20.4 Å². The highest BCUT2D eigenvalue weighted by Crippen LogP contribution is 2.20. The highest BCUT2D eigenvalue weighted by atomic mass is 14.8. The van der Waals surface area contributed by atoms with Crippen LogP contribution in [0.4, 0.5) is 0 Å². The van der Waals surface area contributed by atoms with Crippen LogP contribution < -0.4 is 5.32 Å². The first-order valence-corrected chi connectivity index (χ1v) is 5.87.